The number of carbonyl (C=O) groups is 1. The maximum atomic E-state index is 12.8. The number of fused-ring (bicyclic) bond motifs is 2. The highest BCUT2D eigenvalue weighted by Gasteiger charge is 2.66. The second kappa shape index (κ2) is 5.84. The third-order valence-corrected chi connectivity index (χ3v) is 6.53. The maximum absolute atomic E-state index is 12.8. The maximum Gasteiger partial charge on any atom is 0.269 e. The molecular weight excluding hydrogens is 330 g/mol. The van der Waals surface area contributed by atoms with Crippen molar-refractivity contribution >= 4 is 5.91 Å². The van der Waals surface area contributed by atoms with Gasteiger partial charge in [0.1, 0.15) is 11.4 Å². The minimum absolute atomic E-state index is 0.0705. The van der Waals surface area contributed by atoms with Gasteiger partial charge in [0, 0.05) is 29.5 Å². The molecule has 136 valence electrons. The van der Waals surface area contributed by atoms with E-state index >= 15 is 0 Å². The lowest BCUT2D eigenvalue weighted by atomic mass is 9.46. The van der Waals surface area contributed by atoms with E-state index in [1.165, 1.54) is 19.3 Å². The first-order chi connectivity index (χ1) is 12.7. The molecule has 1 amide bonds. The Morgan fingerprint density at radius 3 is 2.85 bits per heavy atom. The Balaban J connectivity index is 1.31. The van der Waals surface area contributed by atoms with E-state index in [0.29, 0.717) is 17.7 Å². The van der Waals surface area contributed by atoms with Gasteiger partial charge in [-0.1, -0.05) is 6.42 Å². The van der Waals surface area contributed by atoms with E-state index in [1.807, 2.05) is 30.3 Å². The molecule has 2 heterocycles. The number of aromatic amines is 1. The van der Waals surface area contributed by atoms with Crippen molar-refractivity contribution in [3.05, 3.63) is 36.0 Å². The Bertz CT molecular complexity index is 825. The van der Waals surface area contributed by atoms with Crippen LogP contribution in [-0.2, 0) is 4.74 Å². The van der Waals surface area contributed by atoms with Gasteiger partial charge in [0.2, 0.25) is 0 Å². The Kier molecular flexibility index (Phi) is 3.57. The lowest BCUT2D eigenvalue weighted by Gasteiger charge is -2.63. The molecule has 5 rings (SSSR count). The summed E-state index contributed by atoms with van der Waals surface area (Å²) >= 11 is 0. The van der Waals surface area contributed by atoms with Crippen molar-refractivity contribution in [2.45, 2.75) is 37.8 Å². The second-order valence-electron chi connectivity index (χ2n) is 7.68. The van der Waals surface area contributed by atoms with Gasteiger partial charge in [-0.3, -0.25) is 9.89 Å². The van der Waals surface area contributed by atoms with Gasteiger partial charge in [-0.05, 0) is 49.6 Å². The highest BCUT2D eigenvalue weighted by atomic mass is 16.5. The molecule has 1 spiro atoms. The van der Waals surface area contributed by atoms with Crippen LogP contribution < -0.4 is 10.1 Å². The summed E-state index contributed by atoms with van der Waals surface area (Å²) in [5.41, 5.74) is 2.40. The first-order valence-corrected chi connectivity index (χ1v) is 9.33. The van der Waals surface area contributed by atoms with E-state index in [1.54, 1.807) is 7.11 Å². The normalized spacial score (nSPS) is 28.1. The van der Waals surface area contributed by atoms with E-state index in [0.717, 1.165) is 30.0 Å². The van der Waals surface area contributed by atoms with Crippen molar-refractivity contribution in [3.8, 4) is 17.0 Å². The molecule has 1 aliphatic heterocycles. The van der Waals surface area contributed by atoms with Crippen LogP contribution in [0.15, 0.2) is 30.3 Å². The number of carbonyl (C=O) groups excluding carboxylic acids is 1. The topological polar surface area (TPSA) is 76.2 Å². The van der Waals surface area contributed by atoms with E-state index in [4.69, 9.17) is 9.47 Å². The molecule has 6 heteroatoms. The van der Waals surface area contributed by atoms with Crippen LogP contribution in [0.3, 0.4) is 0 Å². The SMILES string of the molecule is COc1ccc(-c2cc(C(=O)NC3C4CCOC4C34CCC4)[nH]n2)cc1. The first kappa shape index (κ1) is 15.9. The summed E-state index contributed by atoms with van der Waals surface area (Å²) in [4.78, 5) is 12.8. The number of nitrogens with zero attached hydrogens (tertiary/aromatic N) is 1. The zero-order valence-electron chi connectivity index (χ0n) is 14.8. The van der Waals surface area contributed by atoms with E-state index in [-0.39, 0.29) is 17.4 Å². The van der Waals surface area contributed by atoms with Crippen molar-refractivity contribution in [2.24, 2.45) is 11.3 Å². The molecule has 2 saturated carbocycles. The molecule has 1 saturated heterocycles. The molecule has 2 N–H and O–H groups in total. The number of H-pyrrole nitrogens is 1. The lowest BCUT2D eigenvalue weighted by Crippen LogP contribution is -2.71. The predicted molar refractivity (Wildman–Crippen MR) is 96.0 cm³/mol. The summed E-state index contributed by atoms with van der Waals surface area (Å²) in [6, 6.07) is 9.70. The third-order valence-electron chi connectivity index (χ3n) is 6.53. The zero-order chi connectivity index (χ0) is 17.7. The van der Waals surface area contributed by atoms with Crippen LogP contribution in [0, 0.1) is 11.3 Å². The van der Waals surface area contributed by atoms with Crippen LogP contribution in [0.4, 0.5) is 0 Å². The summed E-state index contributed by atoms with van der Waals surface area (Å²) in [5.74, 6) is 1.20. The van der Waals surface area contributed by atoms with Crippen molar-refractivity contribution in [1.29, 1.82) is 0 Å². The van der Waals surface area contributed by atoms with E-state index < -0.39 is 0 Å². The van der Waals surface area contributed by atoms with Crippen molar-refractivity contribution in [1.82, 2.24) is 15.5 Å². The zero-order valence-corrected chi connectivity index (χ0v) is 14.8. The number of nitrogens with one attached hydrogen (secondary N) is 2. The summed E-state index contributed by atoms with van der Waals surface area (Å²) < 4.78 is 11.1. The number of ether oxygens (including phenoxy) is 2. The number of aromatic nitrogens is 2. The van der Waals surface area contributed by atoms with Crippen LogP contribution in [0.5, 0.6) is 5.75 Å². The molecule has 3 unspecified atom stereocenters. The largest absolute Gasteiger partial charge is 0.497 e. The molecule has 1 aromatic carbocycles. The summed E-state index contributed by atoms with van der Waals surface area (Å²) in [6.45, 7) is 0.829. The van der Waals surface area contributed by atoms with Gasteiger partial charge in [-0.15, -0.1) is 0 Å². The molecule has 0 radical (unpaired) electrons. The van der Waals surface area contributed by atoms with Gasteiger partial charge in [0.15, 0.2) is 0 Å². The van der Waals surface area contributed by atoms with Crippen molar-refractivity contribution in [3.63, 3.8) is 0 Å². The van der Waals surface area contributed by atoms with Crippen molar-refractivity contribution in [2.75, 3.05) is 13.7 Å². The van der Waals surface area contributed by atoms with Gasteiger partial charge < -0.3 is 14.8 Å². The Labute approximate surface area is 152 Å². The fourth-order valence-electron chi connectivity index (χ4n) is 5.02. The molecule has 26 heavy (non-hydrogen) atoms. The Hall–Kier alpha value is -2.34. The van der Waals surface area contributed by atoms with Gasteiger partial charge in [0.25, 0.3) is 5.91 Å². The average molecular weight is 353 g/mol. The Morgan fingerprint density at radius 1 is 1.35 bits per heavy atom. The molecule has 6 nitrogen and oxygen atoms in total. The van der Waals surface area contributed by atoms with Crippen LogP contribution >= 0.6 is 0 Å². The average Bonchev–Trinajstić information content (AvgIpc) is 3.27. The first-order valence-electron chi connectivity index (χ1n) is 9.33. The minimum atomic E-state index is -0.0705. The third kappa shape index (κ3) is 2.21. The summed E-state index contributed by atoms with van der Waals surface area (Å²) in [5, 5.41) is 10.5. The number of methoxy groups -OCH3 is 1. The standard InChI is InChI=1S/C20H23N3O3/c1-25-13-5-3-12(4-6-13)15-11-16(23-22-15)19(24)21-17-14-7-10-26-18(14)20(17)8-2-9-20/h3-6,11,14,17-18H,2,7-10H2,1H3,(H,21,24)(H,22,23). The molecule has 0 bridgehead atoms. The van der Waals surface area contributed by atoms with Gasteiger partial charge in [-0.2, -0.15) is 5.10 Å². The monoisotopic (exact) mass is 353 g/mol. The van der Waals surface area contributed by atoms with Crippen molar-refractivity contribution < 1.29 is 14.3 Å². The minimum Gasteiger partial charge on any atom is -0.497 e. The molecule has 1 aromatic heterocycles. The van der Waals surface area contributed by atoms with Gasteiger partial charge >= 0.3 is 0 Å². The van der Waals surface area contributed by atoms with Crippen LogP contribution in [0.1, 0.15) is 36.2 Å². The summed E-state index contributed by atoms with van der Waals surface area (Å²) in [7, 11) is 1.64. The Morgan fingerprint density at radius 2 is 2.15 bits per heavy atom. The molecule has 2 aromatic rings. The quantitative estimate of drug-likeness (QED) is 0.886. The molecule has 3 aliphatic rings. The molecule has 3 fully saturated rings. The van der Waals surface area contributed by atoms with Gasteiger partial charge in [-0.25, -0.2) is 0 Å². The predicted octanol–water partition coefficient (Wildman–Crippen LogP) is 2.77. The summed E-state index contributed by atoms with van der Waals surface area (Å²) in [6.07, 6.45) is 4.98. The van der Waals surface area contributed by atoms with Crippen LogP contribution in [0.25, 0.3) is 11.3 Å². The highest BCUT2D eigenvalue weighted by molar-refractivity contribution is 5.93. The smallest absolute Gasteiger partial charge is 0.269 e. The molecular formula is C20H23N3O3. The van der Waals surface area contributed by atoms with Gasteiger partial charge in [0.05, 0.1) is 18.9 Å². The van der Waals surface area contributed by atoms with E-state index in [2.05, 4.69) is 15.5 Å². The number of hydrogen-bond acceptors (Lipinski definition) is 4. The van der Waals surface area contributed by atoms with E-state index in [9.17, 15) is 4.79 Å². The fraction of sp³-hybridized carbons (Fsp3) is 0.500. The second-order valence-corrected chi connectivity index (χ2v) is 7.68. The highest BCUT2D eigenvalue weighted by Crippen LogP contribution is 2.62. The molecule has 2 aliphatic carbocycles. The number of benzene rings is 1. The fourth-order valence-corrected chi connectivity index (χ4v) is 5.02. The molecule has 3 atom stereocenters. The number of hydrogen-bond donors (Lipinski definition) is 2. The van der Waals surface area contributed by atoms with Crippen LogP contribution in [0.2, 0.25) is 0 Å². The lowest BCUT2D eigenvalue weighted by molar-refractivity contribution is -0.172. The number of amides is 1. The van der Waals surface area contributed by atoms with Crippen LogP contribution in [-0.4, -0.2) is 42.0 Å². The number of rotatable bonds is 4.